The fourth-order valence-electron chi connectivity index (χ4n) is 0.983. The highest BCUT2D eigenvalue weighted by molar-refractivity contribution is 9.10. The molecule has 0 amide bonds. The van der Waals surface area contributed by atoms with Gasteiger partial charge in [0.2, 0.25) is 4.73 Å². The summed E-state index contributed by atoms with van der Waals surface area (Å²) >= 11 is 3.29. The topological polar surface area (TPSA) is 30.7 Å². The van der Waals surface area contributed by atoms with E-state index >= 15 is 0 Å². The van der Waals surface area contributed by atoms with E-state index in [2.05, 4.69) is 26.1 Å². The van der Waals surface area contributed by atoms with Crippen LogP contribution in [0.4, 0.5) is 0 Å². The number of halogens is 1. The molecule has 0 saturated carbocycles. The van der Waals surface area contributed by atoms with Gasteiger partial charge in [-0.1, -0.05) is 18.2 Å². The van der Waals surface area contributed by atoms with Crippen LogP contribution in [0.5, 0.6) is 0 Å². The highest BCUT2D eigenvalue weighted by Crippen LogP contribution is 2.12. The lowest BCUT2D eigenvalue weighted by molar-refractivity contribution is 1.01. The minimum Gasteiger partial charge on any atom is -0.276 e. The van der Waals surface area contributed by atoms with Gasteiger partial charge in [-0.3, -0.25) is 4.57 Å². The molecule has 0 bridgehead atoms. The molecule has 1 heterocycles. The van der Waals surface area contributed by atoms with Crippen LogP contribution in [0.3, 0.4) is 0 Å². The van der Waals surface area contributed by atoms with Crippen molar-refractivity contribution in [3.05, 3.63) is 41.4 Å². The molecule has 2 aromatic rings. The van der Waals surface area contributed by atoms with Gasteiger partial charge in [0.05, 0.1) is 0 Å². The third kappa shape index (κ3) is 1.25. The Morgan fingerprint density at radius 2 is 1.92 bits per heavy atom. The lowest BCUT2D eigenvalue weighted by Crippen LogP contribution is -1.90. The summed E-state index contributed by atoms with van der Waals surface area (Å²) in [7, 11) is 0. The van der Waals surface area contributed by atoms with Gasteiger partial charge in [0.1, 0.15) is 6.33 Å². The lowest BCUT2D eigenvalue weighted by Gasteiger charge is -2.00. The van der Waals surface area contributed by atoms with E-state index in [1.807, 2.05) is 34.9 Å². The summed E-state index contributed by atoms with van der Waals surface area (Å²) in [6.45, 7) is 0. The van der Waals surface area contributed by atoms with E-state index in [1.165, 1.54) is 0 Å². The zero-order valence-electron chi connectivity index (χ0n) is 6.18. The molecule has 0 aliphatic carbocycles. The number of hydrogen-bond donors (Lipinski definition) is 0. The fraction of sp³-hybridized carbons (Fsp3) is 0. The Kier molecular flexibility index (Phi) is 1.91. The maximum absolute atomic E-state index is 3.82. The largest absolute Gasteiger partial charge is 0.276 e. The SMILES string of the molecule is Brc1nncn1-c1ccccc1. The zero-order valence-corrected chi connectivity index (χ0v) is 7.77. The molecule has 4 heteroatoms. The molecule has 0 unspecified atom stereocenters. The molecular weight excluding hydrogens is 218 g/mol. The van der Waals surface area contributed by atoms with Gasteiger partial charge in [-0.05, 0) is 28.1 Å². The van der Waals surface area contributed by atoms with Crippen molar-refractivity contribution in [2.45, 2.75) is 0 Å². The standard InChI is InChI=1S/C8H6BrN3/c9-8-11-10-6-12(8)7-4-2-1-3-5-7/h1-6H. The van der Waals surface area contributed by atoms with Crippen LogP contribution < -0.4 is 0 Å². The van der Waals surface area contributed by atoms with Crippen molar-refractivity contribution in [1.29, 1.82) is 0 Å². The smallest absolute Gasteiger partial charge is 0.204 e. The third-order valence-corrected chi connectivity index (χ3v) is 2.08. The van der Waals surface area contributed by atoms with Crippen molar-refractivity contribution in [2.75, 3.05) is 0 Å². The normalized spacial score (nSPS) is 10.1. The van der Waals surface area contributed by atoms with Gasteiger partial charge >= 0.3 is 0 Å². The molecule has 0 radical (unpaired) electrons. The summed E-state index contributed by atoms with van der Waals surface area (Å²) in [6.07, 6.45) is 1.67. The Labute approximate surface area is 78.2 Å². The first-order valence-electron chi connectivity index (χ1n) is 3.49. The first kappa shape index (κ1) is 7.49. The molecule has 1 aromatic carbocycles. The van der Waals surface area contributed by atoms with Crippen LogP contribution in [-0.2, 0) is 0 Å². The maximum Gasteiger partial charge on any atom is 0.204 e. The van der Waals surface area contributed by atoms with Gasteiger partial charge in [-0.2, -0.15) is 0 Å². The second-order valence-electron chi connectivity index (χ2n) is 2.31. The summed E-state index contributed by atoms with van der Waals surface area (Å²) < 4.78 is 2.58. The Morgan fingerprint density at radius 1 is 1.17 bits per heavy atom. The minimum atomic E-state index is 0.716. The summed E-state index contributed by atoms with van der Waals surface area (Å²) in [5.74, 6) is 0. The van der Waals surface area contributed by atoms with Gasteiger partial charge in [0.25, 0.3) is 0 Å². The predicted molar refractivity (Wildman–Crippen MR) is 49.1 cm³/mol. The minimum absolute atomic E-state index is 0.716. The van der Waals surface area contributed by atoms with E-state index in [4.69, 9.17) is 0 Å². The predicted octanol–water partition coefficient (Wildman–Crippen LogP) is 2.03. The highest BCUT2D eigenvalue weighted by atomic mass is 79.9. The van der Waals surface area contributed by atoms with Gasteiger partial charge < -0.3 is 0 Å². The van der Waals surface area contributed by atoms with E-state index in [9.17, 15) is 0 Å². The Morgan fingerprint density at radius 3 is 2.50 bits per heavy atom. The van der Waals surface area contributed by atoms with Crippen molar-refractivity contribution in [3.8, 4) is 5.69 Å². The molecule has 2 rings (SSSR count). The maximum atomic E-state index is 3.82. The van der Waals surface area contributed by atoms with E-state index in [1.54, 1.807) is 6.33 Å². The first-order chi connectivity index (χ1) is 5.88. The number of aromatic nitrogens is 3. The quantitative estimate of drug-likeness (QED) is 0.741. The molecule has 12 heavy (non-hydrogen) atoms. The average molecular weight is 224 g/mol. The number of rotatable bonds is 1. The second kappa shape index (κ2) is 3.06. The lowest BCUT2D eigenvalue weighted by atomic mass is 10.3. The molecule has 0 spiro atoms. The van der Waals surface area contributed by atoms with Crippen molar-refractivity contribution in [1.82, 2.24) is 14.8 Å². The molecule has 0 atom stereocenters. The summed E-state index contributed by atoms with van der Waals surface area (Å²) in [4.78, 5) is 0. The molecule has 0 N–H and O–H groups in total. The number of nitrogens with zero attached hydrogens (tertiary/aromatic N) is 3. The molecule has 0 fully saturated rings. The van der Waals surface area contributed by atoms with Gasteiger partial charge in [0, 0.05) is 5.69 Å². The van der Waals surface area contributed by atoms with Crippen LogP contribution >= 0.6 is 15.9 Å². The second-order valence-corrected chi connectivity index (χ2v) is 3.01. The van der Waals surface area contributed by atoms with E-state index in [-0.39, 0.29) is 0 Å². The molecule has 60 valence electrons. The van der Waals surface area contributed by atoms with Crippen LogP contribution in [0.1, 0.15) is 0 Å². The molecule has 3 nitrogen and oxygen atoms in total. The van der Waals surface area contributed by atoms with Crippen molar-refractivity contribution >= 4 is 15.9 Å². The Bertz CT molecular complexity index is 369. The first-order valence-corrected chi connectivity index (χ1v) is 4.28. The summed E-state index contributed by atoms with van der Waals surface area (Å²) in [5.41, 5.74) is 1.05. The molecule has 0 saturated heterocycles. The van der Waals surface area contributed by atoms with Gasteiger partial charge in [-0.15, -0.1) is 10.2 Å². The Balaban J connectivity index is 2.51. The summed E-state index contributed by atoms with van der Waals surface area (Å²) in [5, 5.41) is 7.59. The van der Waals surface area contributed by atoms with E-state index in [0.29, 0.717) is 4.73 Å². The molecule has 0 aliphatic heterocycles. The monoisotopic (exact) mass is 223 g/mol. The van der Waals surface area contributed by atoms with Crippen LogP contribution in [0.2, 0.25) is 0 Å². The number of hydrogen-bond acceptors (Lipinski definition) is 2. The molecule has 1 aromatic heterocycles. The van der Waals surface area contributed by atoms with E-state index < -0.39 is 0 Å². The van der Waals surface area contributed by atoms with Crippen LogP contribution in [0.25, 0.3) is 5.69 Å². The highest BCUT2D eigenvalue weighted by Gasteiger charge is 1.99. The van der Waals surface area contributed by atoms with Gasteiger partial charge in [-0.25, -0.2) is 0 Å². The number of para-hydroxylation sites is 1. The van der Waals surface area contributed by atoms with Crippen LogP contribution in [-0.4, -0.2) is 14.8 Å². The third-order valence-electron chi connectivity index (χ3n) is 1.54. The van der Waals surface area contributed by atoms with Crippen LogP contribution in [0, 0.1) is 0 Å². The Hall–Kier alpha value is -1.16. The van der Waals surface area contributed by atoms with Crippen LogP contribution in [0.15, 0.2) is 41.4 Å². The molecular formula is C8H6BrN3. The number of benzene rings is 1. The fourth-order valence-corrected chi connectivity index (χ4v) is 1.37. The van der Waals surface area contributed by atoms with Crippen molar-refractivity contribution in [2.24, 2.45) is 0 Å². The van der Waals surface area contributed by atoms with Crippen molar-refractivity contribution < 1.29 is 0 Å². The molecule has 0 aliphatic rings. The van der Waals surface area contributed by atoms with Crippen molar-refractivity contribution in [3.63, 3.8) is 0 Å². The average Bonchev–Trinajstić information content (AvgIpc) is 2.53. The summed E-state index contributed by atoms with van der Waals surface area (Å²) in [6, 6.07) is 9.91. The van der Waals surface area contributed by atoms with E-state index in [0.717, 1.165) is 5.69 Å². The van der Waals surface area contributed by atoms with Gasteiger partial charge in [0.15, 0.2) is 0 Å². The zero-order chi connectivity index (χ0) is 8.39.